The number of carbonyl (C=O) groups is 1. The van der Waals surface area contributed by atoms with Crippen LogP contribution in [0.5, 0.6) is 0 Å². The number of carbonyl (C=O) groups excluding carboxylic acids is 1. The lowest BCUT2D eigenvalue weighted by Gasteiger charge is -2.12. The van der Waals surface area contributed by atoms with Crippen LogP contribution >= 0.6 is 0 Å². The highest BCUT2D eigenvalue weighted by atomic mass is 16.5. The van der Waals surface area contributed by atoms with E-state index in [9.17, 15) is 4.79 Å². The van der Waals surface area contributed by atoms with Crippen LogP contribution in [0.25, 0.3) is 0 Å². The number of benzene rings is 2. The zero-order chi connectivity index (χ0) is 14.4. The molecule has 2 rings (SSSR count). The molecule has 0 aliphatic rings. The minimum absolute atomic E-state index is 0.411. The molecule has 3 N–H and O–H groups in total. The van der Waals surface area contributed by atoms with Gasteiger partial charge in [0.15, 0.2) is 0 Å². The van der Waals surface area contributed by atoms with Gasteiger partial charge in [0.1, 0.15) is 0 Å². The van der Waals surface area contributed by atoms with Crippen LogP contribution < -0.4 is 11.1 Å². The number of anilines is 1. The number of primary amides is 1. The summed E-state index contributed by atoms with van der Waals surface area (Å²) in [6, 6.07) is 15.3. The van der Waals surface area contributed by atoms with Gasteiger partial charge in [-0.1, -0.05) is 30.3 Å². The van der Waals surface area contributed by atoms with Crippen molar-refractivity contribution in [2.45, 2.75) is 13.2 Å². The van der Waals surface area contributed by atoms with Gasteiger partial charge in [-0.15, -0.1) is 0 Å². The Bertz CT molecular complexity index is 597. The van der Waals surface area contributed by atoms with Gasteiger partial charge in [0.2, 0.25) is 5.91 Å². The largest absolute Gasteiger partial charge is 0.381 e. The molecule has 2 aromatic carbocycles. The lowest BCUT2D eigenvalue weighted by Crippen LogP contribution is -2.11. The van der Waals surface area contributed by atoms with E-state index in [2.05, 4.69) is 5.32 Å². The molecule has 2 aromatic rings. The maximum absolute atomic E-state index is 11.2. The Labute approximate surface area is 118 Å². The predicted molar refractivity (Wildman–Crippen MR) is 79.4 cm³/mol. The van der Waals surface area contributed by atoms with Gasteiger partial charge < -0.3 is 15.8 Å². The average Bonchev–Trinajstić information content (AvgIpc) is 2.47. The van der Waals surface area contributed by atoms with Gasteiger partial charge in [0, 0.05) is 30.5 Å². The molecular weight excluding hydrogens is 252 g/mol. The fraction of sp³-hybridized carbons (Fsp3) is 0.188. The molecule has 0 saturated carbocycles. The molecule has 0 bridgehead atoms. The van der Waals surface area contributed by atoms with E-state index < -0.39 is 5.91 Å². The predicted octanol–water partition coefficient (Wildman–Crippen LogP) is 2.54. The van der Waals surface area contributed by atoms with Crippen LogP contribution in [0.4, 0.5) is 5.69 Å². The minimum Gasteiger partial charge on any atom is -0.381 e. The first-order valence-corrected chi connectivity index (χ1v) is 6.40. The third kappa shape index (κ3) is 3.59. The molecular formula is C16H18N2O2. The molecule has 0 atom stereocenters. The first-order chi connectivity index (χ1) is 9.70. The van der Waals surface area contributed by atoms with Gasteiger partial charge >= 0.3 is 0 Å². The first kappa shape index (κ1) is 14.1. The molecule has 104 valence electrons. The second kappa shape index (κ2) is 6.73. The van der Waals surface area contributed by atoms with Crippen LogP contribution in [0.15, 0.2) is 48.5 Å². The second-order valence-corrected chi connectivity index (χ2v) is 4.51. The van der Waals surface area contributed by atoms with E-state index in [4.69, 9.17) is 10.5 Å². The smallest absolute Gasteiger partial charge is 0.248 e. The molecule has 0 radical (unpaired) electrons. The van der Waals surface area contributed by atoms with Crippen LogP contribution in [-0.4, -0.2) is 13.0 Å². The van der Waals surface area contributed by atoms with E-state index in [1.54, 1.807) is 19.2 Å². The molecule has 0 aliphatic carbocycles. The lowest BCUT2D eigenvalue weighted by molar-refractivity contribution is 0.1000. The number of amides is 1. The van der Waals surface area contributed by atoms with Crippen LogP contribution in [0.2, 0.25) is 0 Å². The number of hydrogen-bond donors (Lipinski definition) is 2. The summed E-state index contributed by atoms with van der Waals surface area (Å²) in [6.07, 6.45) is 0. The van der Waals surface area contributed by atoms with Gasteiger partial charge in [0.25, 0.3) is 0 Å². The van der Waals surface area contributed by atoms with E-state index in [0.717, 1.165) is 16.8 Å². The molecule has 0 heterocycles. The Balaban J connectivity index is 2.09. The number of methoxy groups -OCH3 is 1. The zero-order valence-corrected chi connectivity index (χ0v) is 11.4. The highest BCUT2D eigenvalue weighted by Gasteiger charge is 2.03. The third-order valence-corrected chi connectivity index (χ3v) is 3.01. The zero-order valence-electron chi connectivity index (χ0n) is 11.4. The van der Waals surface area contributed by atoms with Crippen LogP contribution in [0.1, 0.15) is 21.5 Å². The fourth-order valence-corrected chi connectivity index (χ4v) is 2.01. The molecule has 0 fully saturated rings. The van der Waals surface area contributed by atoms with Crippen LogP contribution in [-0.2, 0) is 17.9 Å². The Morgan fingerprint density at radius 2 is 2.00 bits per heavy atom. The summed E-state index contributed by atoms with van der Waals surface area (Å²) in [5, 5.41) is 3.35. The van der Waals surface area contributed by atoms with Gasteiger partial charge in [0.05, 0.1) is 6.61 Å². The maximum atomic E-state index is 11.2. The van der Waals surface area contributed by atoms with E-state index in [-0.39, 0.29) is 0 Å². The maximum Gasteiger partial charge on any atom is 0.248 e. The number of ether oxygens (including phenoxy) is 1. The topological polar surface area (TPSA) is 64.3 Å². The normalized spacial score (nSPS) is 10.2. The molecule has 4 nitrogen and oxygen atoms in total. The summed E-state index contributed by atoms with van der Waals surface area (Å²) in [5.41, 5.74) is 8.93. The monoisotopic (exact) mass is 270 g/mol. The number of nitrogens with one attached hydrogen (secondary N) is 1. The number of rotatable bonds is 6. The van der Waals surface area contributed by atoms with Crippen molar-refractivity contribution in [3.8, 4) is 0 Å². The SMILES string of the molecule is COCc1ccccc1NCc1cccc(C(N)=O)c1. The summed E-state index contributed by atoms with van der Waals surface area (Å²) >= 11 is 0. The van der Waals surface area contributed by atoms with Crippen molar-refractivity contribution in [1.82, 2.24) is 0 Å². The van der Waals surface area contributed by atoms with Crippen LogP contribution in [0, 0.1) is 0 Å². The van der Waals surface area contributed by atoms with Crippen molar-refractivity contribution >= 4 is 11.6 Å². The third-order valence-electron chi connectivity index (χ3n) is 3.01. The average molecular weight is 270 g/mol. The number of para-hydroxylation sites is 1. The molecule has 0 unspecified atom stereocenters. The standard InChI is InChI=1S/C16H18N2O2/c1-20-11-14-6-2-3-8-15(14)18-10-12-5-4-7-13(9-12)16(17)19/h2-9,18H,10-11H2,1H3,(H2,17,19). The highest BCUT2D eigenvalue weighted by Crippen LogP contribution is 2.17. The summed E-state index contributed by atoms with van der Waals surface area (Å²) in [7, 11) is 1.67. The van der Waals surface area contributed by atoms with Crippen molar-refractivity contribution in [2.24, 2.45) is 5.73 Å². The van der Waals surface area contributed by atoms with Gasteiger partial charge in [-0.2, -0.15) is 0 Å². The van der Waals surface area contributed by atoms with Crippen molar-refractivity contribution in [3.63, 3.8) is 0 Å². The highest BCUT2D eigenvalue weighted by molar-refractivity contribution is 5.92. The Kier molecular flexibility index (Phi) is 4.74. The van der Waals surface area contributed by atoms with Crippen molar-refractivity contribution in [1.29, 1.82) is 0 Å². The number of nitrogens with two attached hydrogens (primary N) is 1. The summed E-state index contributed by atoms with van der Waals surface area (Å²) in [5.74, 6) is -0.411. The Morgan fingerprint density at radius 1 is 1.20 bits per heavy atom. The first-order valence-electron chi connectivity index (χ1n) is 6.40. The molecule has 0 aromatic heterocycles. The summed E-state index contributed by atoms with van der Waals surface area (Å²) in [4.78, 5) is 11.2. The lowest BCUT2D eigenvalue weighted by atomic mass is 10.1. The molecule has 0 aliphatic heterocycles. The molecule has 20 heavy (non-hydrogen) atoms. The van der Waals surface area contributed by atoms with Crippen LogP contribution in [0.3, 0.4) is 0 Å². The quantitative estimate of drug-likeness (QED) is 0.847. The van der Waals surface area contributed by atoms with E-state index in [0.29, 0.717) is 18.7 Å². The van der Waals surface area contributed by atoms with E-state index >= 15 is 0 Å². The second-order valence-electron chi connectivity index (χ2n) is 4.51. The summed E-state index contributed by atoms with van der Waals surface area (Å²) in [6.45, 7) is 1.19. The molecule has 0 saturated heterocycles. The van der Waals surface area contributed by atoms with Crippen molar-refractivity contribution in [2.75, 3.05) is 12.4 Å². The summed E-state index contributed by atoms with van der Waals surface area (Å²) < 4.78 is 5.17. The Hall–Kier alpha value is -2.33. The minimum atomic E-state index is -0.411. The fourth-order valence-electron chi connectivity index (χ4n) is 2.01. The van der Waals surface area contributed by atoms with E-state index in [1.807, 2.05) is 36.4 Å². The molecule has 0 spiro atoms. The van der Waals surface area contributed by atoms with E-state index in [1.165, 1.54) is 0 Å². The van der Waals surface area contributed by atoms with Gasteiger partial charge in [-0.25, -0.2) is 0 Å². The van der Waals surface area contributed by atoms with Crippen molar-refractivity contribution < 1.29 is 9.53 Å². The number of hydrogen-bond acceptors (Lipinski definition) is 3. The molecule has 4 heteroatoms. The Morgan fingerprint density at radius 3 is 2.75 bits per heavy atom. The van der Waals surface area contributed by atoms with Gasteiger partial charge in [-0.3, -0.25) is 4.79 Å². The van der Waals surface area contributed by atoms with Gasteiger partial charge in [-0.05, 0) is 23.8 Å². The van der Waals surface area contributed by atoms with Crippen molar-refractivity contribution in [3.05, 3.63) is 65.2 Å². The molecule has 1 amide bonds.